The Morgan fingerprint density at radius 1 is 1.12 bits per heavy atom. The van der Waals surface area contributed by atoms with Gasteiger partial charge >= 0.3 is 0 Å². The zero-order valence-electron chi connectivity index (χ0n) is 16.8. The molecule has 1 heterocycles. The predicted molar refractivity (Wildman–Crippen MR) is 113 cm³/mol. The molecule has 1 unspecified atom stereocenters. The zero-order valence-corrected chi connectivity index (χ0v) is 18.4. The van der Waals surface area contributed by atoms with Gasteiger partial charge in [0.2, 0.25) is 10.0 Å². The molecule has 3 rings (SSSR count). The number of benzene rings is 2. The van der Waals surface area contributed by atoms with Crippen molar-refractivity contribution in [3.05, 3.63) is 64.7 Å². The Hall–Kier alpha value is -2.60. The van der Waals surface area contributed by atoms with E-state index in [9.17, 15) is 26.8 Å². The molecule has 0 spiro atoms. The van der Waals surface area contributed by atoms with Crippen LogP contribution in [0.4, 0.5) is 8.78 Å². The number of amides is 2. The number of nitrogens with one attached hydrogen (secondary N) is 1. The van der Waals surface area contributed by atoms with Crippen LogP contribution in [0, 0.1) is 11.6 Å². The van der Waals surface area contributed by atoms with Crippen LogP contribution in [-0.2, 0) is 14.8 Å². The zero-order chi connectivity index (χ0) is 23.5. The van der Waals surface area contributed by atoms with Gasteiger partial charge < -0.3 is 16.0 Å². The van der Waals surface area contributed by atoms with Gasteiger partial charge in [-0.25, -0.2) is 17.2 Å². The molecule has 2 aromatic rings. The maximum Gasteiger partial charge on any atom is 0.259 e. The van der Waals surface area contributed by atoms with E-state index < -0.39 is 44.7 Å². The lowest BCUT2D eigenvalue weighted by Crippen LogP contribution is -2.63. The number of rotatable bonds is 6. The molecule has 1 aliphatic rings. The van der Waals surface area contributed by atoms with E-state index in [0.29, 0.717) is 0 Å². The highest BCUT2D eigenvalue weighted by Gasteiger charge is 2.44. The van der Waals surface area contributed by atoms with Crippen molar-refractivity contribution in [1.82, 2.24) is 14.5 Å². The highest BCUT2D eigenvalue weighted by molar-refractivity contribution is 7.89. The number of nitrogens with two attached hydrogens (primary N) is 1. The highest BCUT2D eigenvalue weighted by Crippen LogP contribution is 2.28. The van der Waals surface area contributed by atoms with E-state index in [0.717, 1.165) is 39.5 Å². The molecule has 0 aromatic heterocycles. The van der Waals surface area contributed by atoms with E-state index in [1.165, 1.54) is 12.1 Å². The second-order valence-electron chi connectivity index (χ2n) is 7.00. The Balaban J connectivity index is 2.03. The lowest BCUT2D eigenvalue weighted by atomic mass is 10.1. The molecule has 2 aromatic carbocycles. The molecular formula is C20H21ClF2N4O4S. The normalized spacial score (nSPS) is 17.2. The Morgan fingerprint density at radius 3 is 2.44 bits per heavy atom. The van der Waals surface area contributed by atoms with Crippen LogP contribution in [0.15, 0.2) is 47.4 Å². The summed E-state index contributed by atoms with van der Waals surface area (Å²) in [6, 6.07) is 7.57. The smallest absolute Gasteiger partial charge is 0.259 e. The molecule has 12 heteroatoms. The molecule has 1 atom stereocenters. The number of hydrogen-bond donors (Lipinski definition) is 2. The number of hydrogen-bond acceptors (Lipinski definition) is 5. The summed E-state index contributed by atoms with van der Waals surface area (Å²) >= 11 is 5.75. The molecule has 172 valence electrons. The second-order valence-corrected chi connectivity index (χ2v) is 9.30. The molecule has 1 fully saturated rings. The molecule has 2 amide bonds. The largest absolute Gasteiger partial charge is 0.352 e. The van der Waals surface area contributed by atoms with Crippen LogP contribution < -0.4 is 11.1 Å². The van der Waals surface area contributed by atoms with Gasteiger partial charge in [0.25, 0.3) is 11.8 Å². The topological polar surface area (TPSA) is 113 Å². The van der Waals surface area contributed by atoms with Gasteiger partial charge in [-0.1, -0.05) is 11.6 Å². The summed E-state index contributed by atoms with van der Waals surface area (Å²) in [5.74, 6) is -2.73. The van der Waals surface area contributed by atoms with Crippen molar-refractivity contribution in [2.75, 3.05) is 26.2 Å². The third-order valence-electron chi connectivity index (χ3n) is 4.87. The van der Waals surface area contributed by atoms with Crippen molar-refractivity contribution in [2.45, 2.75) is 17.5 Å². The third kappa shape index (κ3) is 4.90. The van der Waals surface area contributed by atoms with Gasteiger partial charge in [0.05, 0.1) is 9.92 Å². The summed E-state index contributed by atoms with van der Waals surface area (Å²) in [5, 5.41) is 2.11. The van der Waals surface area contributed by atoms with Crippen LogP contribution in [0.3, 0.4) is 0 Å². The van der Waals surface area contributed by atoms with Gasteiger partial charge in [0.1, 0.15) is 11.6 Å². The summed E-state index contributed by atoms with van der Waals surface area (Å²) in [5.41, 5.74) is 5.53. The summed E-state index contributed by atoms with van der Waals surface area (Å²) in [7, 11) is -4.34. The second kappa shape index (κ2) is 9.90. The standard InChI is InChI=1S/C20H21ClF2N4O4S/c21-16-12-15(6-7-17(16)23)32(30,31)27-11-1-10-26(19(27)18(28)25-9-8-24)20(29)13-2-4-14(22)5-3-13/h2-7,12,19H,1,8-11,24H2,(H,25,28). The number of halogens is 3. The number of carbonyl (C=O) groups excluding carboxylic acids is 2. The summed E-state index contributed by atoms with van der Waals surface area (Å²) in [6.45, 7) is 0.188. The van der Waals surface area contributed by atoms with Gasteiger partial charge in [0.15, 0.2) is 6.17 Å². The van der Waals surface area contributed by atoms with E-state index in [1.54, 1.807) is 0 Å². The van der Waals surface area contributed by atoms with Gasteiger partial charge in [-0.15, -0.1) is 0 Å². The predicted octanol–water partition coefficient (Wildman–Crippen LogP) is 1.56. The van der Waals surface area contributed by atoms with Crippen molar-refractivity contribution in [1.29, 1.82) is 0 Å². The molecule has 0 bridgehead atoms. The first kappa shape index (κ1) is 24.1. The molecular weight excluding hydrogens is 466 g/mol. The first-order valence-electron chi connectivity index (χ1n) is 9.68. The van der Waals surface area contributed by atoms with Crippen LogP contribution in [0.25, 0.3) is 0 Å². The van der Waals surface area contributed by atoms with E-state index in [2.05, 4.69) is 5.32 Å². The Labute approximate surface area is 189 Å². The minimum Gasteiger partial charge on any atom is -0.352 e. The van der Waals surface area contributed by atoms with Crippen molar-refractivity contribution in [3.63, 3.8) is 0 Å². The SMILES string of the molecule is NCCNC(=O)C1N(C(=O)c2ccc(F)cc2)CCCN1S(=O)(=O)c1ccc(F)c(Cl)c1. The minimum absolute atomic E-state index is 0.0597. The Kier molecular flexibility index (Phi) is 7.44. The molecule has 0 radical (unpaired) electrons. The van der Waals surface area contributed by atoms with Gasteiger partial charge in [-0.05, 0) is 48.9 Å². The van der Waals surface area contributed by atoms with Crippen molar-refractivity contribution in [3.8, 4) is 0 Å². The van der Waals surface area contributed by atoms with E-state index in [4.69, 9.17) is 17.3 Å². The molecule has 8 nitrogen and oxygen atoms in total. The average Bonchev–Trinajstić information content (AvgIpc) is 2.78. The summed E-state index contributed by atoms with van der Waals surface area (Å²) in [6.07, 6.45) is -1.29. The maximum atomic E-state index is 13.6. The van der Waals surface area contributed by atoms with E-state index >= 15 is 0 Å². The molecule has 0 saturated carbocycles. The average molecular weight is 487 g/mol. The molecule has 0 aliphatic carbocycles. The van der Waals surface area contributed by atoms with Crippen LogP contribution >= 0.6 is 11.6 Å². The van der Waals surface area contributed by atoms with Crippen LogP contribution in [-0.4, -0.2) is 61.8 Å². The minimum atomic E-state index is -4.34. The molecule has 1 saturated heterocycles. The van der Waals surface area contributed by atoms with Gasteiger partial charge in [-0.3, -0.25) is 9.59 Å². The summed E-state index contributed by atoms with van der Waals surface area (Å²) in [4.78, 5) is 26.8. The maximum absolute atomic E-state index is 13.6. The Bertz CT molecular complexity index is 1120. The molecule has 3 N–H and O–H groups in total. The summed E-state index contributed by atoms with van der Waals surface area (Å²) < 4.78 is 54.4. The highest BCUT2D eigenvalue weighted by atomic mass is 35.5. The van der Waals surface area contributed by atoms with Gasteiger partial charge in [-0.2, -0.15) is 4.31 Å². The first-order valence-corrected chi connectivity index (χ1v) is 11.5. The fraction of sp³-hybridized carbons (Fsp3) is 0.300. The lowest BCUT2D eigenvalue weighted by molar-refractivity contribution is -0.130. The molecule has 1 aliphatic heterocycles. The number of sulfonamides is 1. The monoisotopic (exact) mass is 486 g/mol. The lowest BCUT2D eigenvalue weighted by Gasteiger charge is -2.41. The number of carbonyl (C=O) groups is 2. The van der Waals surface area contributed by atoms with Crippen molar-refractivity contribution < 1.29 is 26.8 Å². The fourth-order valence-electron chi connectivity index (χ4n) is 3.35. The van der Waals surface area contributed by atoms with Crippen molar-refractivity contribution >= 4 is 33.4 Å². The quantitative estimate of drug-likeness (QED) is 0.643. The molecule has 32 heavy (non-hydrogen) atoms. The van der Waals surface area contributed by atoms with E-state index in [1.807, 2.05) is 0 Å². The van der Waals surface area contributed by atoms with Crippen molar-refractivity contribution in [2.24, 2.45) is 5.73 Å². The van der Waals surface area contributed by atoms with Gasteiger partial charge in [0, 0.05) is 31.7 Å². The van der Waals surface area contributed by atoms with Crippen LogP contribution in [0.5, 0.6) is 0 Å². The first-order chi connectivity index (χ1) is 15.2. The van der Waals surface area contributed by atoms with E-state index in [-0.39, 0.29) is 43.1 Å². The third-order valence-corrected chi connectivity index (χ3v) is 7.01. The Morgan fingerprint density at radius 2 is 1.81 bits per heavy atom. The van der Waals surface area contributed by atoms with Crippen LogP contribution in [0.1, 0.15) is 16.8 Å². The number of nitrogens with zero attached hydrogens (tertiary/aromatic N) is 2. The fourth-order valence-corrected chi connectivity index (χ4v) is 5.22. The van der Waals surface area contributed by atoms with Crippen LogP contribution in [0.2, 0.25) is 5.02 Å².